The minimum atomic E-state index is -1.23. The van der Waals surface area contributed by atoms with Gasteiger partial charge >= 0.3 is 0 Å². The maximum atomic E-state index is 13.0. The largest absolute Gasteiger partial charge is 0.611 e. The normalized spacial score (nSPS) is 13.1. The minimum Gasteiger partial charge on any atom is -0.611 e. The molecule has 0 saturated heterocycles. The molecule has 0 fully saturated rings. The van der Waals surface area contributed by atoms with Gasteiger partial charge < -0.3 is 14.3 Å². The average Bonchev–Trinajstić information content (AvgIpc) is 3.43. The highest BCUT2D eigenvalue weighted by Gasteiger charge is 2.25. The number of ether oxygens (including phenoxy) is 1. The molecule has 0 aliphatic rings. The summed E-state index contributed by atoms with van der Waals surface area (Å²) >= 11 is 0.198. The van der Waals surface area contributed by atoms with E-state index in [4.69, 9.17) is 9.72 Å². The van der Waals surface area contributed by atoms with Gasteiger partial charge in [-0.15, -0.1) is 0 Å². The van der Waals surface area contributed by atoms with Gasteiger partial charge in [0.05, 0.1) is 29.4 Å². The zero-order valence-electron chi connectivity index (χ0n) is 16.9. The maximum absolute atomic E-state index is 13.0. The number of aromatic amines is 2. The van der Waals surface area contributed by atoms with Crippen LogP contribution in [0.1, 0.15) is 0 Å². The molecule has 1 aromatic carbocycles. The third-order valence-electron chi connectivity index (χ3n) is 5.52. The molecular formula is C22H17N5O3S2. The summed E-state index contributed by atoms with van der Waals surface area (Å²) in [6.45, 7) is 0.412. The van der Waals surface area contributed by atoms with Crippen LogP contribution in [0.2, 0.25) is 0 Å². The van der Waals surface area contributed by atoms with Gasteiger partial charge in [-0.25, -0.2) is 4.98 Å². The molecule has 10 heteroatoms. The van der Waals surface area contributed by atoms with E-state index in [2.05, 4.69) is 15.2 Å². The summed E-state index contributed by atoms with van der Waals surface area (Å²) in [5, 5.41) is 11.1. The number of pyridine rings is 2. The van der Waals surface area contributed by atoms with Crippen LogP contribution in [0.15, 0.2) is 57.8 Å². The van der Waals surface area contributed by atoms with E-state index in [-0.39, 0.29) is 5.56 Å². The molecule has 1 atom stereocenters. The number of thiophene rings is 1. The lowest BCUT2D eigenvalue weighted by atomic mass is 10.0. The minimum absolute atomic E-state index is 0.117. The number of rotatable bonds is 5. The summed E-state index contributed by atoms with van der Waals surface area (Å²) in [7, 11) is 1.60. The van der Waals surface area contributed by atoms with Crippen molar-refractivity contribution in [1.29, 1.82) is 0 Å². The number of aromatic nitrogens is 5. The van der Waals surface area contributed by atoms with E-state index in [1.54, 1.807) is 24.1 Å². The molecule has 0 spiro atoms. The van der Waals surface area contributed by atoms with Crippen molar-refractivity contribution in [2.24, 2.45) is 0 Å². The first-order valence-corrected chi connectivity index (χ1v) is 12.1. The Labute approximate surface area is 188 Å². The van der Waals surface area contributed by atoms with Crippen molar-refractivity contribution in [3.8, 4) is 11.3 Å². The molecule has 160 valence electrons. The molecule has 0 radical (unpaired) electrons. The Balaban J connectivity index is 1.62. The van der Waals surface area contributed by atoms with Gasteiger partial charge in [0.2, 0.25) is 4.21 Å². The second kappa shape index (κ2) is 7.45. The van der Waals surface area contributed by atoms with Crippen LogP contribution in [0.4, 0.5) is 0 Å². The number of benzene rings is 1. The van der Waals surface area contributed by atoms with Crippen molar-refractivity contribution in [3.05, 3.63) is 59.1 Å². The Morgan fingerprint density at radius 2 is 2.12 bits per heavy atom. The third-order valence-corrected chi connectivity index (χ3v) is 8.36. The van der Waals surface area contributed by atoms with E-state index in [9.17, 15) is 9.35 Å². The number of fused-ring (bicyclic) bond motifs is 3. The molecular weight excluding hydrogens is 446 g/mol. The summed E-state index contributed by atoms with van der Waals surface area (Å²) < 4.78 is 20.5. The van der Waals surface area contributed by atoms with Gasteiger partial charge in [-0.05, 0) is 35.7 Å². The monoisotopic (exact) mass is 463 g/mol. The smallest absolute Gasteiger partial charge is 0.255 e. The van der Waals surface area contributed by atoms with Crippen molar-refractivity contribution in [2.45, 2.75) is 4.21 Å². The van der Waals surface area contributed by atoms with E-state index in [0.717, 1.165) is 47.5 Å². The van der Waals surface area contributed by atoms with Crippen molar-refractivity contribution in [2.75, 3.05) is 19.5 Å². The van der Waals surface area contributed by atoms with Crippen molar-refractivity contribution in [1.82, 2.24) is 24.8 Å². The summed E-state index contributed by atoms with van der Waals surface area (Å²) in [5.41, 5.74) is 3.27. The van der Waals surface area contributed by atoms with Crippen LogP contribution in [0, 0.1) is 0 Å². The summed E-state index contributed by atoms with van der Waals surface area (Å²) in [6, 6.07) is 11.5. The van der Waals surface area contributed by atoms with Crippen molar-refractivity contribution >= 4 is 59.9 Å². The number of nitrogens with one attached hydrogen (secondary N) is 2. The van der Waals surface area contributed by atoms with Gasteiger partial charge in [-0.2, -0.15) is 9.73 Å². The zero-order valence-corrected chi connectivity index (χ0v) is 18.5. The van der Waals surface area contributed by atoms with Crippen LogP contribution in [-0.2, 0) is 15.9 Å². The van der Waals surface area contributed by atoms with Gasteiger partial charge in [-0.1, -0.05) is 17.4 Å². The Hall–Kier alpha value is -3.18. The molecule has 6 rings (SSSR count). The molecule has 8 nitrogen and oxygen atoms in total. The fourth-order valence-corrected chi connectivity index (χ4v) is 6.62. The average molecular weight is 464 g/mol. The lowest BCUT2D eigenvalue weighted by Crippen LogP contribution is -2.11. The lowest BCUT2D eigenvalue weighted by Gasteiger charge is -2.09. The summed E-state index contributed by atoms with van der Waals surface area (Å²) in [6.07, 6.45) is 3.37. The second-order valence-corrected chi connectivity index (χ2v) is 10.2. The zero-order chi connectivity index (χ0) is 21.8. The highest BCUT2D eigenvalue weighted by molar-refractivity contribution is 7.93. The third kappa shape index (κ3) is 2.95. The number of H-pyrrole nitrogens is 2. The molecule has 2 N–H and O–H groups in total. The van der Waals surface area contributed by atoms with Crippen molar-refractivity contribution in [3.63, 3.8) is 0 Å². The van der Waals surface area contributed by atoms with Crippen molar-refractivity contribution < 1.29 is 9.29 Å². The second-order valence-electron chi connectivity index (χ2n) is 7.39. The van der Waals surface area contributed by atoms with E-state index < -0.39 is 11.2 Å². The Morgan fingerprint density at radius 1 is 1.22 bits per heavy atom. The fraction of sp³-hybridized carbons (Fsp3) is 0.136. The standard InChI is InChI=1S/C22H17N5O3S2/c1-30-8-9-32(29)22-19-18-15(17-5-7-24-27(17)26-19)11-16(25-21(18)31-22)13-2-3-14-12(10-13)4-6-23-20(14)28/h2-7,10-11,26H,8-9H2,1H3,(H,23,28). The molecule has 0 aliphatic carbocycles. The Kier molecular flexibility index (Phi) is 4.54. The topological polar surface area (TPSA) is 111 Å². The number of nitrogens with zero attached hydrogens (tertiary/aromatic N) is 3. The molecule has 0 amide bonds. The van der Waals surface area contributed by atoms with Gasteiger partial charge in [0.1, 0.15) is 16.1 Å². The summed E-state index contributed by atoms with van der Waals surface area (Å²) in [5.74, 6) is 0.408. The van der Waals surface area contributed by atoms with Gasteiger partial charge in [-0.3, -0.25) is 9.89 Å². The lowest BCUT2D eigenvalue weighted by molar-refractivity contribution is 0.217. The number of hydrogen-bond donors (Lipinski definition) is 2. The predicted molar refractivity (Wildman–Crippen MR) is 127 cm³/mol. The predicted octanol–water partition coefficient (Wildman–Crippen LogP) is 3.69. The van der Waals surface area contributed by atoms with Crippen LogP contribution in [0.25, 0.3) is 48.7 Å². The number of methoxy groups -OCH3 is 1. The Bertz CT molecular complexity index is 1680. The van der Waals surface area contributed by atoms with Crippen LogP contribution < -0.4 is 5.56 Å². The van der Waals surface area contributed by atoms with E-state index >= 15 is 0 Å². The van der Waals surface area contributed by atoms with Crippen LogP contribution in [0.3, 0.4) is 0 Å². The highest BCUT2D eigenvalue weighted by atomic mass is 32.2. The van der Waals surface area contributed by atoms with E-state index in [1.165, 1.54) is 11.3 Å². The van der Waals surface area contributed by atoms with E-state index in [1.807, 2.05) is 36.4 Å². The number of hydrogen-bond acceptors (Lipinski definition) is 6. The van der Waals surface area contributed by atoms with E-state index in [0.29, 0.717) is 17.7 Å². The maximum Gasteiger partial charge on any atom is 0.255 e. The quantitative estimate of drug-likeness (QED) is 0.379. The van der Waals surface area contributed by atoms with Crippen LogP contribution in [-0.4, -0.2) is 48.8 Å². The van der Waals surface area contributed by atoms with Crippen LogP contribution >= 0.6 is 11.3 Å². The highest BCUT2D eigenvalue weighted by Crippen LogP contribution is 2.40. The first-order valence-electron chi connectivity index (χ1n) is 9.92. The summed E-state index contributed by atoms with van der Waals surface area (Å²) in [4.78, 5) is 20.5. The van der Waals surface area contributed by atoms with Crippen LogP contribution in [0.5, 0.6) is 0 Å². The fourth-order valence-electron chi connectivity index (χ4n) is 4.00. The first-order chi connectivity index (χ1) is 15.6. The first kappa shape index (κ1) is 19.5. The molecule has 5 heterocycles. The molecule has 5 aromatic heterocycles. The van der Waals surface area contributed by atoms with Gasteiger partial charge in [0.25, 0.3) is 5.56 Å². The molecule has 0 aliphatic heterocycles. The Morgan fingerprint density at radius 3 is 3.00 bits per heavy atom. The SMILES string of the molecule is COCC[S+]([O-])c1sc2nc(-c3ccc4c(=O)[nH]ccc4c3)cc3c2c1[nH]n1nccc31. The molecule has 6 aromatic rings. The van der Waals surface area contributed by atoms with Gasteiger partial charge in [0.15, 0.2) is 0 Å². The molecule has 32 heavy (non-hydrogen) atoms. The van der Waals surface area contributed by atoms with Gasteiger partial charge in [0, 0.05) is 40.8 Å². The molecule has 0 saturated carbocycles. The molecule has 1 unspecified atom stereocenters. The molecule has 0 bridgehead atoms.